The highest BCUT2D eigenvalue weighted by Crippen LogP contribution is 2.30. The molecule has 0 aliphatic carbocycles. The zero-order valence-electron chi connectivity index (χ0n) is 24.5. The average molecular weight is 568 g/mol. The summed E-state index contributed by atoms with van der Waals surface area (Å²) in [6.07, 6.45) is 0. The van der Waals surface area contributed by atoms with Gasteiger partial charge in [-0.1, -0.05) is 109 Å². The lowest BCUT2D eigenvalue weighted by Crippen LogP contribution is -2.00. The Morgan fingerprint density at radius 3 is 1.20 bits per heavy atom. The third kappa shape index (κ3) is 5.76. The van der Waals surface area contributed by atoms with Gasteiger partial charge in [-0.25, -0.2) is 15.0 Å². The molecule has 7 aromatic rings. The maximum atomic E-state index is 4.98. The van der Waals surface area contributed by atoms with E-state index in [1.807, 2.05) is 80.6 Å². The lowest BCUT2D eigenvalue weighted by molar-refractivity contribution is 1.07. The molecule has 7 rings (SSSR count). The van der Waals surface area contributed by atoms with Gasteiger partial charge in [0.05, 0.1) is 11.4 Å². The molecule has 0 saturated heterocycles. The second-order valence-electron chi connectivity index (χ2n) is 10.7. The van der Waals surface area contributed by atoms with E-state index >= 15 is 0 Å². The van der Waals surface area contributed by atoms with Gasteiger partial charge in [0, 0.05) is 39.2 Å². The maximum Gasteiger partial charge on any atom is 0.164 e. The largest absolute Gasteiger partial charge is 0.253 e. The fourth-order valence-electron chi connectivity index (χ4n) is 5.22. The molecule has 0 N–H and O–H groups in total. The number of hydrogen-bond donors (Lipinski definition) is 0. The standard InChI is InChI=1S/C39H29N5/c1-26-9-6-15-35(40-26)29-17-21-31(22-18-29)37-42-38(32-23-19-30(20-24-32)36-16-7-10-27(2)41-36)44-39(43-37)34-14-8-13-33(25-34)28-11-4-3-5-12-28/h3-25H,1-2H3. The Balaban J connectivity index is 1.31. The van der Waals surface area contributed by atoms with Crippen LogP contribution in [-0.2, 0) is 0 Å². The van der Waals surface area contributed by atoms with Gasteiger partial charge < -0.3 is 0 Å². The van der Waals surface area contributed by atoms with E-state index in [1.54, 1.807) is 0 Å². The molecule has 5 nitrogen and oxygen atoms in total. The first-order valence-electron chi connectivity index (χ1n) is 14.6. The fourth-order valence-corrected chi connectivity index (χ4v) is 5.22. The van der Waals surface area contributed by atoms with Gasteiger partial charge in [0.1, 0.15) is 0 Å². The van der Waals surface area contributed by atoms with Crippen molar-refractivity contribution in [3.63, 3.8) is 0 Å². The van der Waals surface area contributed by atoms with Gasteiger partial charge in [-0.2, -0.15) is 0 Å². The molecule has 3 heterocycles. The first kappa shape index (κ1) is 27.0. The molecule has 3 aromatic heterocycles. The van der Waals surface area contributed by atoms with Gasteiger partial charge >= 0.3 is 0 Å². The van der Waals surface area contributed by atoms with Crippen molar-refractivity contribution in [1.29, 1.82) is 0 Å². The molecule has 0 atom stereocenters. The quantitative estimate of drug-likeness (QED) is 0.200. The first-order valence-corrected chi connectivity index (χ1v) is 14.6. The van der Waals surface area contributed by atoms with Crippen molar-refractivity contribution in [2.75, 3.05) is 0 Å². The molecule has 0 amide bonds. The monoisotopic (exact) mass is 567 g/mol. The van der Waals surface area contributed by atoms with Crippen molar-refractivity contribution in [1.82, 2.24) is 24.9 Å². The minimum absolute atomic E-state index is 0.614. The first-order chi connectivity index (χ1) is 21.6. The molecule has 0 radical (unpaired) electrons. The van der Waals surface area contributed by atoms with E-state index in [2.05, 4.69) is 82.8 Å². The van der Waals surface area contributed by atoms with Crippen LogP contribution in [0.25, 0.3) is 67.8 Å². The van der Waals surface area contributed by atoms with E-state index in [0.717, 1.165) is 61.7 Å². The lowest BCUT2D eigenvalue weighted by Gasteiger charge is -2.11. The molecule has 0 bridgehead atoms. The Labute approximate surface area is 257 Å². The molecule has 0 saturated carbocycles. The molecule has 0 unspecified atom stereocenters. The minimum atomic E-state index is 0.614. The maximum absolute atomic E-state index is 4.98. The highest BCUT2D eigenvalue weighted by Gasteiger charge is 2.14. The second kappa shape index (κ2) is 11.8. The SMILES string of the molecule is Cc1cccc(-c2ccc(-c3nc(-c4ccc(-c5cccc(C)n5)cc4)nc(-c4cccc(-c5ccccc5)c4)n3)cc2)n1. The van der Waals surface area contributed by atoms with Crippen molar-refractivity contribution < 1.29 is 0 Å². The summed E-state index contributed by atoms with van der Waals surface area (Å²) in [7, 11) is 0. The predicted molar refractivity (Wildman–Crippen MR) is 178 cm³/mol. The Morgan fingerprint density at radius 1 is 0.295 bits per heavy atom. The third-order valence-corrected chi connectivity index (χ3v) is 7.52. The zero-order valence-corrected chi connectivity index (χ0v) is 24.5. The number of aryl methyl sites for hydroxylation is 2. The topological polar surface area (TPSA) is 64.5 Å². The van der Waals surface area contributed by atoms with Gasteiger partial charge in [0.15, 0.2) is 17.5 Å². The van der Waals surface area contributed by atoms with Crippen LogP contribution in [-0.4, -0.2) is 24.9 Å². The molecule has 0 aliphatic rings. The molecule has 44 heavy (non-hydrogen) atoms. The normalized spacial score (nSPS) is 11.0. The molecular formula is C39H29N5. The van der Waals surface area contributed by atoms with E-state index in [9.17, 15) is 0 Å². The van der Waals surface area contributed by atoms with Gasteiger partial charge in [-0.15, -0.1) is 0 Å². The van der Waals surface area contributed by atoms with Crippen LogP contribution in [0.3, 0.4) is 0 Å². The molecule has 0 spiro atoms. The summed E-state index contributed by atoms with van der Waals surface area (Å²) in [5, 5.41) is 0. The van der Waals surface area contributed by atoms with Crippen LogP contribution in [0.1, 0.15) is 11.4 Å². The molecule has 4 aromatic carbocycles. The summed E-state index contributed by atoms with van der Waals surface area (Å²) < 4.78 is 0. The average Bonchev–Trinajstić information content (AvgIpc) is 3.09. The van der Waals surface area contributed by atoms with Crippen molar-refractivity contribution >= 4 is 0 Å². The number of pyridine rings is 2. The number of aromatic nitrogens is 5. The third-order valence-electron chi connectivity index (χ3n) is 7.52. The smallest absolute Gasteiger partial charge is 0.164 e. The van der Waals surface area contributed by atoms with Crippen molar-refractivity contribution in [3.05, 3.63) is 151 Å². The highest BCUT2D eigenvalue weighted by atomic mass is 15.0. The van der Waals surface area contributed by atoms with Crippen molar-refractivity contribution in [2.45, 2.75) is 13.8 Å². The molecule has 0 fully saturated rings. The minimum Gasteiger partial charge on any atom is -0.253 e. The summed E-state index contributed by atoms with van der Waals surface area (Å²) in [4.78, 5) is 24.3. The Kier molecular flexibility index (Phi) is 7.27. The zero-order chi connectivity index (χ0) is 29.9. The Hall–Kier alpha value is -5.81. The summed E-state index contributed by atoms with van der Waals surface area (Å²) in [5.74, 6) is 1.85. The van der Waals surface area contributed by atoms with Crippen LogP contribution in [0.15, 0.2) is 140 Å². The van der Waals surface area contributed by atoms with Crippen LogP contribution in [0, 0.1) is 13.8 Å². The van der Waals surface area contributed by atoms with Crippen molar-refractivity contribution in [2.24, 2.45) is 0 Å². The summed E-state index contributed by atoms with van der Waals surface area (Å²) >= 11 is 0. The van der Waals surface area contributed by atoms with Crippen LogP contribution in [0.5, 0.6) is 0 Å². The van der Waals surface area contributed by atoms with Crippen molar-refractivity contribution in [3.8, 4) is 67.8 Å². The number of rotatable bonds is 6. The van der Waals surface area contributed by atoms with E-state index < -0.39 is 0 Å². The summed E-state index contributed by atoms with van der Waals surface area (Å²) in [5.41, 5.74) is 10.9. The highest BCUT2D eigenvalue weighted by molar-refractivity contribution is 5.74. The van der Waals surface area contributed by atoms with Crippen LogP contribution in [0.4, 0.5) is 0 Å². The molecule has 5 heteroatoms. The Bertz CT molecular complexity index is 1960. The van der Waals surface area contributed by atoms with Gasteiger partial charge in [0.2, 0.25) is 0 Å². The Morgan fingerprint density at radius 2 is 0.705 bits per heavy atom. The number of nitrogens with zero attached hydrogens (tertiary/aromatic N) is 5. The lowest BCUT2D eigenvalue weighted by atomic mass is 10.0. The van der Waals surface area contributed by atoms with E-state index in [4.69, 9.17) is 15.0 Å². The van der Waals surface area contributed by atoms with Gasteiger partial charge in [-0.3, -0.25) is 9.97 Å². The molecule has 210 valence electrons. The van der Waals surface area contributed by atoms with E-state index in [-0.39, 0.29) is 0 Å². The molecular weight excluding hydrogens is 538 g/mol. The van der Waals surface area contributed by atoms with Crippen LogP contribution < -0.4 is 0 Å². The van der Waals surface area contributed by atoms with Gasteiger partial charge in [-0.05, 0) is 55.3 Å². The second-order valence-corrected chi connectivity index (χ2v) is 10.7. The van der Waals surface area contributed by atoms with E-state index in [0.29, 0.717) is 17.5 Å². The number of hydrogen-bond acceptors (Lipinski definition) is 5. The summed E-state index contributed by atoms with van der Waals surface area (Å²) in [6.45, 7) is 4.00. The fraction of sp³-hybridized carbons (Fsp3) is 0.0513. The van der Waals surface area contributed by atoms with E-state index in [1.165, 1.54) is 0 Å². The van der Waals surface area contributed by atoms with Crippen LogP contribution >= 0.6 is 0 Å². The molecule has 0 aliphatic heterocycles. The summed E-state index contributed by atoms with van der Waals surface area (Å²) in [6, 6.07) is 47.3. The number of benzene rings is 4. The van der Waals surface area contributed by atoms with Gasteiger partial charge in [0.25, 0.3) is 0 Å². The predicted octanol–water partition coefficient (Wildman–Crippen LogP) is 9.28. The van der Waals surface area contributed by atoms with Crippen LogP contribution in [0.2, 0.25) is 0 Å².